The smallest absolute Gasteiger partial charge is 0.307 e. The minimum absolute atomic E-state index is 0.0428. The number of rotatable bonds is 2. The van der Waals surface area contributed by atoms with E-state index in [0.717, 1.165) is 6.07 Å². The van der Waals surface area contributed by atoms with E-state index in [1.807, 2.05) is 0 Å². The van der Waals surface area contributed by atoms with E-state index in [1.54, 1.807) is 0 Å². The van der Waals surface area contributed by atoms with Crippen molar-refractivity contribution in [3.8, 4) is 5.75 Å². The molecule has 0 amide bonds. The Morgan fingerprint density at radius 3 is 2.82 bits per heavy atom. The second-order valence-corrected chi connectivity index (χ2v) is 4.43. The number of aliphatic carboxylic acids is 1. The molecule has 4 nitrogen and oxygen atoms in total. The Morgan fingerprint density at radius 2 is 2.24 bits per heavy atom. The van der Waals surface area contributed by atoms with Crippen LogP contribution >= 0.6 is 11.6 Å². The summed E-state index contributed by atoms with van der Waals surface area (Å²) in [5, 5.41) is 21.5. The highest BCUT2D eigenvalue weighted by molar-refractivity contribution is 6.32. The highest BCUT2D eigenvalue weighted by Crippen LogP contribution is 2.38. The van der Waals surface area contributed by atoms with Crippen LogP contribution in [0.5, 0.6) is 5.75 Å². The molecule has 1 heterocycles. The number of hydrogen-bond donors (Lipinski definition) is 3. The Bertz CT molecular complexity index is 466. The van der Waals surface area contributed by atoms with E-state index >= 15 is 0 Å². The molecule has 2 unspecified atom stereocenters. The molecule has 0 spiro atoms. The third-order valence-electron chi connectivity index (χ3n) is 2.94. The van der Waals surface area contributed by atoms with E-state index in [0.29, 0.717) is 0 Å². The van der Waals surface area contributed by atoms with Gasteiger partial charge in [-0.15, -0.1) is 0 Å². The van der Waals surface area contributed by atoms with Crippen molar-refractivity contribution in [1.82, 2.24) is 5.32 Å². The Balaban J connectivity index is 2.30. The molecule has 2 rings (SSSR count). The number of phenols is 1. The summed E-state index contributed by atoms with van der Waals surface area (Å²) in [5.41, 5.74) is 0.0428. The van der Waals surface area contributed by atoms with E-state index in [1.165, 1.54) is 6.07 Å². The summed E-state index contributed by atoms with van der Waals surface area (Å²) in [4.78, 5) is 10.8. The molecule has 0 saturated carbocycles. The molecule has 0 aromatic heterocycles. The first-order chi connectivity index (χ1) is 8.00. The molecule has 92 valence electrons. The zero-order valence-corrected chi connectivity index (χ0v) is 9.54. The van der Waals surface area contributed by atoms with E-state index in [9.17, 15) is 14.3 Å². The first kappa shape index (κ1) is 12.1. The minimum Gasteiger partial charge on any atom is -0.506 e. The lowest BCUT2D eigenvalue weighted by Crippen LogP contribution is -2.17. The molecular formula is C11H11ClFNO3. The van der Waals surface area contributed by atoms with Gasteiger partial charge in [-0.25, -0.2) is 4.39 Å². The molecule has 1 aromatic rings. The predicted octanol–water partition coefficient (Wildman–Crippen LogP) is 1.92. The van der Waals surface area contributed by atoms with Crippen LogP contribution in [0.4, 0.5) is 4.39 Å². The Hall–Kier alpha value is -1.33. The van der Waals surface area contributed by atoms with Gasteiger partial charge >= 0.3 is 5.97 Å². The molecule has 6 heteroatoms. The van der Waals surface area contributed by atoms with Gasteiger partial charge in [-0.05, 0) is 18.6 Å². The summed E-state index contributed by atoms with van der Waals surface area (Å²) in [6.07, 6.45) is 0.236. The average molecular weight is 260 g/mol. The van der Waals surface area contributed by atoms with Crippen molar-refractivity contribution in [3.63, 3.8) is 0 Å². The number of halogens is 2. The lowest BCUT2D eigenvalue weighted by molar-refractivity contribution is -0.141. The second-order valence-electron chi connectivity index (χ2n) is 4.02. The third kappa shape index (κ3) is 2.21. The fraction of sp³-hybridized carbons (Fsp3) is 0.364. The van der Waals surface area contributed by atoms with Gasteiger partial charge < -0.3 is 15.5 Å². The third-order valence-corrected chi connectivity index (χ3v) is 3.25. The monoisotopic (exact) mass is 259 g/mol. The largest absolute Gasteiger partial charge is 0.506 e. The van der Waals surface area contributed by atoms with Crippen LogP contribution < -0.4 is 5.32 Å². The van der Waals surface area contributed by atoms with Gasteiger partial charge in [-0.2, -0.15) is 0 Å². The van der Waals surface area contributed by atoms with Gasteiger partial charge in [0.1, 0.15) is 11.6 Å². The Morgan fingerprint density at radius 1 is 1.53 bits per heavy atom. The average Bonchev–Trinajstić information content (AvgIpc) is 2.73. The molecule has 1 saturated heterocycles. The quantitative estimate of drug-likeness (QED) is 0.759. The molecule has 1 aromatic carbocycles. The van der Waals surface area contributed by atoms with Gasteiger partial charge in [-0.3, -0.25) is 4.79 Å². The first-order valence-corrected chi connectivity index (χ1v) is 5.51. The summed E-state index contributed by atoms with van der Waals surface area (Å²) in [6, 6.07) is 1.90. The molecule has 2 atom stereocenters. The normalized spacial score (nSPS) is 23.9. The Labute approximate surface area is 102 Å². The summed E-state index contributed by atoms with van der Waals surface area (Å²) in [6.45, 7) is 0.255. The first-order valence-electron chi connectivity index (χ1n) is 5.13. The SMILES string of the molecule is O=C(O)C1CNC(c2c(F)ccc(Cl)c2O)C1. The van der Waals surface area contributed by atoms with Crippen molar-refractivity contribution in [1.29, 1.82) is 0 Å². The number of hydrogen-bond acceptors (Lipinski definition) is 3. The second kappa shape index (κ2) is 4.50. The highest BCUT2D eigenvalue weighted by Gasteiger charge is 2.33. The van der Waals surface area contributed by atoms with Crippen LogP contribution in [0.15, 0.2) is 12.1 Å². The summed E-state index contributed by atoms with van der Waals surface area (Å²) < 4.78 is 13.6. The van der Waals surface area contributed by atoms with Crippen molar-refractivity contribution in [2.24, 2.45) is 5.92 Å². The van der Waals surface area contributed by atoms with Crippen molar-refractivity contribution < 1.29 is 19.4 Å². The fourth-order valence-electron chi connectivity index (χ4n) is 2.03. The van der Waals surface area contributed by atoms with Crippen LogP contribution in [0.2, 0.25) is 5.02 Å². The van der Waals surface area contributed by atoms with Gasteiger partial charge in [0.05, 0.1) is 10.9 Å². The molecule has 1 fully saturated rings. The lowest BCUT2D eigenvalue weighted by atomic mass is 9.99. The van der Waals surface area contributed by atoms with Crippen LogP contribution in [0.25, 0.3) is 0 Å². The number of carboxylic acid groups (broad SMARTS) is 1. The molecule has 17 heavy (non-hydrogen) atoms. The highest BCUT2D eigenvalue weighted by atomic mass is 35.5. The van der Waals surface area contributed by atoms with Gasteiger partial charge in [0.2, 0.25) is 0 Å². The predicted molar refractivity (Wildman–Crippen MR) is 59.6 cm³/mol. The number of carboxylic acids is 1. The van der Waals surface area contributed by atoms with Crippen LogP contribution in [-0.2, 0) is 4.79 Å². The maximum absolute atomic E-state index is 13.6. The molecular weight excluding hydrogens is 249 g/mol. The molecule has 3 N–H and O–H groups in total. The maximum Gasteiger partial charge on any atom is 0.307 e. The Kier molecular flexibility index (Phi) is 3.22. The number of carbonyl (C=O) groups is 1. The number of phenolic OH excluding ortho intramolecular Hbond substituents is 1. The fourth-order valence-corrected chi connectivity index (χ4v) is 2.20. The zero-order valence-electron chi connectivity index (χ0n) is 8.78. The zero-order chi connectivity index (χ0) is 12.6. The molecule has 0 bridgehead atoms. The standard InChI is InChI=1S/C11H11ClFNO3/c12-6-1-2-7(13)9(10(6)15)8-3-5(4-14-8)11(16)17/h1-2,5,8,14-15H,3-4H2,(H,16,17). The summed E-state index contributed by atoms with van der Waals surface area (Å²) in [5.74, 6) is -2.41. The van der Waals surface area contributed by atoms with E-state index < -0.39 is 23.7 Å². The number of nitrogens with one attached hydrogen (secondary N) is 1. The van der Waals surface area contributed by atoms with Crippen LogP contribution in [0.3, 0.4) is 0 Å². The van der Waals surface area contributed by atoms with E-state index in [2.05, 4.69) is 5.32 Å². The number of benzene rings is 1. The minimum atomic E-state index is -0.929. The lowest BCUT2D eigenvalue weighted by Gasteiger charge is -2.14. The topological polar surface area (TPSA) is 69.6 Å². The van der Waals surface area contributed by atoms with Crippen molar-refractivity contribution in [2.45, 2.75) is 12.5 Å². The van der Waals surface area contributed by atoms with Crippen molar-refractivity contribution in [3.05, 3.63) is 28.5 Å². The molecule has 1 aliphatic heterocycles. The van der Waals surface area contributed by atoms with Crippen molar-refractivity contribution in [2.75, 3.05) is 6.54 Å². The van der Waals surface area contributed by atoms with E-state index in [4.69, 9.17) is 16.7 Å². The van der Waals surface area contributed by atoms with Gasteiger partial charge in [0.15, 0.2) is 0 Å². The van der Waals surface area contributed by atoms with Crippen LogP contribution in [0.1, 0.15) is 18.0 Å². The van der Waals surface area contributed by atoms with Crippen LogP contribution in [-0.4, -0.2) is 22.7 Å². The molecule has 0 aliphatic carbocycles. The van der Waals surface area contributed by atoms with Gasteiger partial charge in [0, 0.05) is 18.2 Å². The maximum atomic E-state index is 13.6. The number of aromatic hydroxyl groups is 1. The van der Waals surface area contributed by atoms with Gasteiger partial charge in [0.25, 0.3) is 0 Å². The molecule has 1 aliphatic rings. The summed E-state index contributed by atoms with van der Waals surface area (Å²) >= 11 is 5.70. The van der Waals surface area contributed by atoms with Gasteiger partial charge in [-0.1, -0.05) is 11.6 Å². The summed E-state index contributed by atoms with van der Waals surface area (Å²) in [7, 11) is 0. The van der Waals surface area contributed by atoms with Crippen molar-refractivity contribution >= 4 is 17.6 Å². The van der Waals surface area contributed by atoms with E-state index in [-0.39, 0.29) is 29.3 Å². The van der Waals surface area contributed by atoms with Crippen LogP contribution in [0, 0.1) is 11.7 Å². The molecule has 0 radical (unpaired) electrons.